The van der Waals surface area contributed by atoms with Gasteiger partial charge in [0.15, 0.2) is 0 Å². The molecule has 2 nitrogen and oxygen atoms in total. The van der Waals surface area contributed by atoms with Gasteiger partial charge in [-0.25, -0.2) is 0 Å². The molecule has 2 rings (SSSR count). The lowest BCUT2D eigenvalue weighted by atomic mass is 9.72. The van der Waals surface area contributed by atoms with Gasteiger partial charge in [-0.3, -0.25) is 4.90 Å². The average Bonchev–Trinajstić information content (AvgIpc) is 2.97. The molecule has 0 bridgehead atoms. The molecule has 0 saturated heterocycles. The molecule has 2 unspecified atom stereocenters. The standard InChI is InChI=1S/C13H25NO/c1-4-14(10-7-8-10)11-6-5-9-13(2,3)12(11)15/h10-12,15H,4-9H2,1-3H3. The van der Waals surface area contributed by atoms with E-state index in [1.165, 1.54) is 32.1 Å². The summed E-state index contributed by atoms with van der Waals surface area (Å²) in [6.07, 6.45) is 6.20. The summed E-state index contributed by atoms with van der Waals surface area (Å²) in [6.45, 7) is 7.75. The lowest BCUT2D eigenvalue weighted by Gasteiger charge is -2.45. The van der Waals surface area contributed by atoms with E-state index in [2.05, 4.69) is 25.7 Å². The van der Waals surface area contributed by atoms with Crippen LogP contribution in [0.15, 0.2) is 0 Å². The Morgan fingerprint density at radius 1 is 1.27 bits per heavy atom. The first-order chi connectivity index (χ1) is 7.06. The molecule has 0 aromatic heterocycles. The Morgan fingerprint density at radius 3 is 2.47 bits per heavy atom. The lowest BCUT2D eigenvalue weighted by Crippen LogP contribution is -2.53. The van der Waals surface area contributed by atoms with Crippen molar-refractivity contribution in [3.63, 3.8) is 0 Å². The third-order valence-corrected chi connectivity index (χ3v) is 4.29. The van der Waals surface area contributed by atoms with Crippen LogP contribution in [-0.2, 0) is 0 Å². The van der Waals surface area contributed by atoms with Crippen LogP contribution >= 0.6 is 0 Å². The quantitative estimate of drug-likeness (QED) is 0.775. The first-order valence-electron chi connectivity index (χ1n) is 6.50. The van der Waals surface area contributed by atoms with Gasteiger partial charge in [0, 0.05) is 12.1 Å². The Balaban J connectivity index is 2.06. The summed E-state index contributed by atoms with van der Waals surface area (Å²) in [5.74, 6) is 0. The zero-order valence-electron chi connectivity index (χ0n) is 10.4. The smallest absolute Gasteiger partial charge is 0.0746 e. The maximum absolute atomic E-state index is 10.4. The van der Waals surface area contributed by atoms with Gasteiger partial charge in [0.25, 0.3) is 0 Å². The van der Waals surface area contributed by atoms with Crippen molar-refractivity contribution in [1.29, 1.82) is 0 Å². The van der Waals surface area contributed by atoms with Crippen LogP contribution in [0.4, 0.5) is 0 Å². The van der Waals surface area contributed by atoms with Crippen LogP contribution in [0.5, 0.6) is 0 Å². The summed E-state index contributed by atoms with van der Waals surface area (Å²) in [7, 11) is 0. The average molecular weight is 211 g/mol. The zero-order chi connectivity index (χ0) is 11.1. The van der Waals surface area contributed by atoms with Crippen molar-refractivity contribution in [3.05, 3.63) is 0 Å². The van der Waals surface area contributed by atoms with Crippen molar-refractivity contribution < 1.29 is 5.11 Å². The second-order valence-electron chi connectivity index (χ2n) is 5.95. The third kappa shape index (κ3) is 2.21. The van der Waals surface area contributed by atoms with Crippen molar-refractivity contribution >= 4 is 0 Å². The predicted molar refractivity (Wildman–Crippen MR) is 62.8 cm³/mol. The van der Waals surface area contributed by atoms with Crippen LogP contribution in [0.25, 0.3) is 0 Å². The topological polar surface area (TPSA) is 23.5 Å². The molecular weight excluding hydrogens is 186 g/mol. The van der Waals surface area contributed by atoms with Crippen molar-refractivity contribution in [2.45, 2.75) is 71.1 Å². The maximum atomic E-state index is 10.4. The molecule has 0 aromatic carbocycles. The van der Waals surface area contributed by atoms with Crippen LogP contribution in [0.1, 0.15) is 52.9 Å². The summed E-state index contributed by atoms with van der Waals surface area (Å²) in [4.78, 5) is 2.55. The van der Waals surface area contributed by atoms with Crippen LogP contribution in [0, 0.1) is 5.41 Å². The highest BCUT2D eigenvalue weighted by atomic mass is 16.3. The molecule has 2 aliphatic carbocycles. The molecule has 0 aromatic rings. The van der Waals surface area contributed by atoms with Gasteiger partial charge in [-0.05, 0) is 37.6 Å². The highest BCUT2D eigenvalue weighted by molar-refractivity contribution is 4.97. The Hall–Kier alpha value is -0.0800. The van der Waals surface area contributed by atoms with Crippen molar-refractivity contribution in [3.8, 4) is 0 Å². The molecule has 0 aliphatic heterocycles. The van der Waals surface area contributed by atoms with Gasteiger partial charge in [-0.2, -0.15) is 0 Å². The lowest BCUT2D eigenvalue weighted by molar-refractivity contribution is -0.0585. The van der Waals surface area contributed by atoms with Gasteiger partial charge in [-0.1, -0.05) is 27.2 Å². The van der Waals surface area contributed by atoms with E-state index in [-0.39, 0.29) is 11.5 Å². The summed E-state index contributed by atoms with van der Waals surface area (Å²) in [6, 6.07) is 1.20. The fraction of sp³-hybridized carbons (Fsp3) is 1.00. The van der Waals surface area contributed by atoms with E-state index in [9.17, 15) is 5.11 Å². The number of hydrogen-bond acceptors (Lipinski definition) is 2. The van der Waals surface area contributed by atoms with Crippen molar-refractivity contribution in [1.82, 2.24) is 4.90 Å². The molecule has 2 heteroatoms. The predicted octanol–water partition coefficient (Wildman–Crippen LogP) is 2.41. The highest BCUT2D eigenvalue weighted by Crippen LogP contribution is 2.40. The highest BCUT2D eigenvalue weighted by Gasteiger charge is 2.43. The first kappa shape index (κ1) is 11.4. The van der Waals surface area contributed by atoms with Crippen molar-refractivity contribution in [2.75, 3.05) is 6.54 Å². The van der Waals surface area contributed by atoms with E-state index in [1.54, 1.807) is 0 Å². The Labute approximate surface area is 93.7 Å². The molecule has 0 radical (unpaired) electrons. The minimum absolute atomic E-state index is 0.116. The van der Waals surface area contributed by atoms with E-state index >= 15 is 0 Å². The summed E-state index contributed by atoms with van der Waals surface area (Å²) < 4.78 is 0. The Morgan fingerprint density at radius 2 is 1.93 bits per heavy atom. The molecule has 15 heavy (non-hydrogen) atoms. The number of nitrogens with zero attached hydrogens (tertiary/aromatic N) is 1. The minimum Gasteiger partial charge on any atom is -0.391 e. The van der Waals surface area contributed by atoms with E-state index in [0.717, 1.165) is 12.6 Å². The molecule has 0 spiro atoms. The van der Waals surface area contributed by atoms with Crippen LogP contribution in [0.2, 0.25) is 0 Å². The normalized spacial score (nSPS) is 35.8. The molecular formula is C13H25NO. The summed E-state index contributed by atoms with van der Waals surface area (Å²) in [5, 5.41) is 10.4. The molecule has 2 fully saturated rings. The molecule has 0 amide bonds. The number of aliphatic hydroxyl groups is 1. The summed E-state index contributed by atoms with van der Waals surface area (Å²) >= 11 is 0. The molecule has 0 heterocycles. The van der Waals surface area contributed by atoms with E-state index < -0.39 is 0 Å². The van der Waals surface area contributed by atoms with Gasteiger partial charge < -0.3 is 5.11 Å². The summed E-state index contributed by atoms with van der Waals surface area (Å²) in [5.41, 5.74) is 0.116. The Kier molecular flexibility index (Phi) is 3.09. The molecule has 88 valence electrons. The zero-order valence-corrected chi connectivity index (χ0v) is 10.4. The molecule has 2 aliphatic rings. The van der Waals surface area contributed by atoms with Gasteiger partial charge in [0.05, 0.1) is 6.10 Å². The van der Waals surface area contributed by atoms with E-state index in [0.29, 0.717) is 6.04 Å². The van der Waals surface area contributed by atoms with Gasteiger partial charge >= 0.3 is 0 Å². The largest absolute Gasteiger partial charge is 0.391 e. The SMILES string of the molecule is CCN(C1CC1)C1CCCC(C)(C)C1O. The minimum atomic E-state index is -0.133. The van der Waals surface area contributed by atoms with Gasteiger partial charge in [-0.15, -0.1) is 0 Å². The fourth-order valence-electron chi connectivity index (χ4n) is 3.11. The first-order valence-corrected chi connectivity index (χ1v) is 6.50. The number of likely N-dealkylation sites (N-methyl/N-ethyl adjacent to an activating group) is 1. The fourth-order valence-corrected chi connectivity index (χ4v) is 3.11. The second-order valence-corrected chi connectivity index (χ2v) is 5.95. The number of aliphatic hydroxyl groups excluding tert-OH is 1. The van der Waals surface area contributed by atoms with Gasteiger partial charge in [0.1, 0.15) is 0 Å². The van der Waals surface area contributed by atoms with Gasteiger partial charge in [0.2, 0.25) is 0 Å². The van der Waals surface area contributed by atoms with E-state index in [4.69, 9.17) is 0 Å². The monoisotopic (exact) mass is 211 g/mol. The van der Waals surface area contributed by atoms with Crippen LogP contribution in [0.3, 0.4) is 0 Å². The number of rotatable bonds is 3. The van der Waals surface area contributed by atoms with Crippen LogP contribution < -0.4 is 0 Å². The van der Waals surface area contributed by atoms with E-state index in [1.807, 2.05) is 0 Å². The number of hydrogen-bond donors (Lipinski definition) is 1. The Bertz CT molecular complexity index is 221. The van der Waals surface area contributed by atoms with Crippen LogP contribution in [-0.4, -0.2) is 34.7 Å². The second kappa shape index (κ2) is 4.06. The third-order valence-electron chi connectivity index (χ3n) is 4.29. The molecule has 2 atom stereocenters. The molecule has 1 N–H and O–H groups in total. The molecule has 2 saturated carbocycles. The maximum Gasteiger partial charge on any atom is 0.0746 e. The van der Waals surface area contributed by atoms with Crippen molar-refractivity contribution in [2.24, 2.45) is 5.41 Å².